The number of nitrogen functional groups attached to an aromatic ring is 1. The second-order valence-electron chi connectivity index (χ2n) is 9.06. The van der Waals surface area contributed by atoms with Crippen LogP contribution < -0.4 is 5.73 Å². The number of aromatic nitrogens is 3. The molecule has 2 aromatic heterocycles. The Morgan fingerprint density at radius 3 is 2.55 bits per heavy atom. The van der Waals surface area contributed by atoms with Gasteiger partial charge in [0.1, 0.15) is 17.2 Å². The Morgan fingerprint density at radius 1 is 1.23 bits per heavy atom. The minimum atomic E-state index is -0.488. The lowest BCUT2D eigenvalue weighted by Crippen LogP contribution is -2.41. The van der Waals surface area contributed by atoms with E-state index in [1.54, 1.807) is 15.5 Å². The number of likely N-dealkylation sites (tertiary alicyclic amines) is 1. The molecule has 4 rings (SSSR count). The van der Waals surface area contributed by atoms with Crippen LogP contribution in [0.5, 0.6) is 0 Å². The number of ether oxygens (including phenoxy) is 1. The summed E-state index contributed by atoms with van der Waals surface area (Å²) >= 11 is 0. The lowest BCUT2D eigenvalue weighted by molar-refractivity contribution is 0.0204. The maximum absolute atomic E-state index is 14.4. The molecule has 0 spiro atoms. The predicted octanol–water partition coefficient (Wildman–Crippen LogP) is 4.32. The number of piperidine rings is 1. The van der Waals surface area contributed by atoms with Crippen molar-refractivity contribution in [2.75, 3.05) is 18.8 Å². The predicted molar refractivity (Wildman–Crippen MR) is 117 cm³/mol. The Labute approximate surface area is 181 Å². The molecule has 1 amide bonds. The van der Waals surface area contributed by atoms with Crippen LogP contribution in [0.15, 0.2) is 36.8 Å². The van der Waals surface area contributed by atoms with Crippen molar-refractivity contribution >= 4 is 22.7 Å². The number of carbonyl (C=O) groups excluding carboxylic acids is 1. The van der Waals surface area contributed by atoms with Gasteiger partial charge < -0.3 is 19.9 Å². The van der Waals surface area contributed by atoms with E-state index in [9.17, 15) is 9.18 Å². The summed E-state index contributed by atoms with van der Waals surface area (Å²) in [4.78, 5) is 23.0. The van der Waals surface area contributed by atoms with E-state index < -0.39 is 5.60 Å². The molecule has 3 aromatic rings. The maximum Gasteiger partial charge on any atom is 0.410 e. The Morgan fingerprint density at radius 2 is 1.90 bits per heavy atom. The number of rotatable bonds is 3. The molecule has 0 atom stereocenters. The largest absolute Gasteiger partial charge is 0.444 e. The third-order valence-electron chi connectivity index (χ3n) is 5.49. The number of nitrogens with zero attached hydrogens (tertiary/aromatic N) is 4. The number of hydrogen-bond acceptors (Lipinski definition) is 5. The number of halogens is 1. The van der Waals surface area contributed by atoms with Gasteiger partial charge in [-0.15, -0.1) is 0 Å². The molecule has 164 valence electrons. The molecule has 1 aromatic carbocycles. The molecule has 0 unspecified atom stereocenters. The average molecular weight is 426 g/mol. The zero-order valence-electron chi connectivity index (χ0n) is 18.1. The lowest BCUT2D eigenvalue weighted by Gasteiger charge is -2.33. The summed E-state index contributed by atoms with van der Waals surface area (Å²) in [5.74, 6) is 0.567. The minimum absolute atomic E-state index is 0.259. The van der Waals surface area contributed by atoms with E-state index in [0.717, 1.165) is 23.8 Å². The maximum atomic E-state index is 14.4. The molecule has 31 heavy (non-hydrogen) atoms. The highest BCUT2D eigenvalue weighted by Crippen LogP contribution is 2.28. The van der Waals surface area contributed by atoms with Gasteiger partial charge in [0, 0.05) is 42.8 Å². The van der Waals surface area contributed by atoms with Crippen LogP contribution in [0.2, 0.25) is 0 Å². The zero-order valence-corrected chi connectivity index (χ0v) is 18.1. The molecule has 0 bridgehead atoms. The lowest BCUT2D eigenvalue weighted by atomic mass is 9.91. The highest BCUT2D eigenvalue weighted by atomic mass is 19.1. The molecule has 0 saturated carbocycles. The van der Waals surface area contributed by atoms with E-state index in [4.69, 9.17) is 10.5 Å². The molecule has 1 fully saturated rings. The number of amides is 1. The fourth-order valence-corrected chi connectivity index (χ4v) is 3.98. The fourth-order valence-electron chi connectivity index (χ4n) is 3.98. The molecule has 8 heteroatoms. The van der Waals surface area contributed by atoms with Crippen LogP contribution in [0.3, 0.4) is 0 Å². The number of anilines is 1. The molecule has 0 radical (unpaired) electrons. The number of benzene rings is 1. The smallest absolute Gasteiger partial charge is 0.410 e. The molecule has 1 saturated heterocycles. The molecule has 1 aliphatic heterocycles. The first-order chi connectivity index (χ1) is 14.7. The van der Waals surface area contributed by atoms with E-state index in [1.807, 2.05) is 45.4 Å². The van der Waals surface area contributed by atoms with Crippen molar-refractivity contribution in [3.8, 4) is 0 Å². The molecule has 1 aliphatic rings. The van der Waals surface area contributed by atoms with Crippen LogP contribution in [-0.2, 0) is 11.3 Å². The van der Waals surface area contributed by atoms with E-state index in [-0.39, 0.29) is 11.9 Å². The fraction of sp³-hybridized carbons (Fsp3) is 0.435. The Hall–Kier alpha value is -3.16. The number of fused-ring (bicyclic) bond motifs is 1. The normalized spacial score (nSPS) is 15.4. The van der Waals surface area contributed by atoms with Gasteiger partial charge in [0.15, 0.2) is 0 Å². The molecular weight excluding hydrogens is 397 g/mol. The van der Waals surface area contributed by atoms with E-state index in [0.29, 0.717) is 42.6 Å². The van der Waals surface area contributed by atoms with Gasteiger partial charge in [-0.25, -0.2) is 19.2 Å². The van der Waals surface area contributed by atoms with Crippen molar-refractivity contribution < 1.29 is 13.9 Å². The molecule has 7 nitrogen and oxygen atoms in total. The van der Waals surface area contributed by atoms with E-state index in [1.165, 1.54) is 6.07 Å². The molecule has 3 heterocycles. The van der Waals surface area contributed by atoms with Crippen molar-refractivity contribution in [1.82, 2.24) is 19.4 Å². The quantitative estimate of drug-likeness (QED) is 0.632. The summed E-state index contributed by atoms with van der Waals surface area (Å²) in [6, 6.07) is 4.91. The number of hydrogen-bond donors (Lipinski definition) is 1. The van der Waals surface area contributed by atoms with E-state index in [2.05, 4.69) is 9.97 Å². The van der Waals surface area contributed by atoms with Crippen molar-refractivity contribution in [1.29, 1.82) is 0 Å². The molecular formula is C23H28FN5O2. The van der Waals surface area contributed by atoms with Gasteiger partial charge in [-0.3, -0.25) is 0 Å². The Bertz CT molecular complexity index is 1080. The van der Waals surface area contributed by atoms with Gasteiger partial charge in [-0.1, -0.05) is 0 Å². The highest BCUT2D eigenvalue weighted by Gasteiger charge is 2.27. The monoisotopic (exact) mass is 425 g/mol. The van der Waals surface area contributed by atoms with Crippen molar-refractivity contribution in [3.05, 3.63) is 54.0 Å². The van der Waals surface area contributed by atoms with Crippen LogP contribution in [0.1, 0.15) is 50.9 Å². The third-order valence-corrected chi connectivity index (χ3v) is 5.49. The molecule has 0 aliphatic carbocycles. The minimum Gasteiger partial charge on any atom is -0.444 e. The first-order valence-corrected chi connectivity index (χ1v) is 10.5. The first kappa shape index (κ1) is 21.1. The van der Waals surface area contributed by atoms with Crippen LogP contribution in [0, 0.1) is 5.82 Å². The van der Waals surface area contributed by atoms with E-state index >= 15 is 0 Å². The topological polar surface area (TPSA) is 86.3 Å². The van der Waals surface area contributed by atoms with Gasteiger partial charge in [0.05, 0.1) is 12.1 Å². The summed E-state index contributed by atoms with van der Waals surface area (Å²) in [5.41, 5.74) is 7.20. The zero-order chi connectivity index (χ0) is 22.2. The Balaban J connectivity index is 1.39. The summed E-state index contributed by atoms with van der Waals surface area (Å²) in [7, 11) is 0. The second kappa shape index (κ2) is 8.17. The Kier molecular flexibility index (Phi) is 5.56. The summed E-state index contributed by atoms with van der Waals surface area (Å²) in [6.45, 7) is 7.30. The first-order valence-electron chi connectivity index (χ1n) is 10.5. The van der Waals surface area contributed by atoms with Crippen LogP contribution in [0.4, 0.5) is 14.9 Å². The van der Waals surface area contributed by atoms with Crippen LogP contribution in [-0.4, -0.2) is 44.2 Å². The van der Waals surface area contributed by atoms with Gasteiger partial charge in [0.25, 0.3) is 0 Å². The third kappa shape index (κ3) is 4.78. The summed E-state index contributed by atoms with van der Waals surface area (Å²) < 4.78 is 21.6. The standard InChI is InChI=1S/C23H28FN5O2/c1-23(2,3)31-22(30)28-7-4-15(5-8-28)17-12-26-20(27-13-17)14-29-9-6-16-10-18(25)11-19(24)21(16)29/h6,9-13,15H,4-5,7-8,14,25H2,1-3H3. The van der Waals surface area contributed by atoms with Crippen LogP contribution >= 0.6 is 0 Å². The number of carbonyl (C=O) groups is 1. The van der Waals surface area contributed by atoms with Crippen LogP contribution in [0.25, 0.3) is 10.9 Å². The van der Waals surface area contributed by atoms with Crippen molar-refractivity contribution in [2.24, 2.45) is 0 Å². The van der Waals surface area contributed by atoms with Gasteiger partial charge in [0.2, 0.25) is 0 Å². The summed E-state index contributed by atoms with van der Waals surface area (Å²) in [6.07, 6.45) is 6.93. The second-order valence-corrected chi connectivity index (χ2v) is 9.06. The van der Waals surface area contributed by atoms with Gasteiger partial charge in [-0.2, -0.15) is 0 Å². The highest BCUT2D eigenvalue weighted by molar-refractivity contribution is 5.84. The van der Waals surface area contributed by atoms with Crippen molar-refractivity contribution in [2.45, 2.75) is 51.7 Å². The molecule has 2 N–H and O–H groups in total. The SMILES string of the molecule is CC(C)(C)OC(=O)N1CCC(c2cnc(Cn3ccc4cc(N)cc(F)c43)nc2)CC1. The van der Waals surface area contributed by atoms with Crippen molar-refractivity contribution in [3.63, 3.8) is 0 Å². The van der Waals surface area contributed by atoms with Gasteiger partial charge in [-0.05, 0) is 63.3 Å². The summed E-state index contributed by atoms with van der Waals surface area (Å²) in [5, 5.41) is 0.755. The van der Waals surface area contributed by atoms with Gasteiger partial charge >= 0.3 is 6.09 Å². The number of nitrogens with two attached hydrogens (primary N) is 1. The average Bonchev–Trinajstić information content (AvgIpc) is 3.10.